The largest absolute Gasteiger partial charge is 0.507 e. The maximum absolute atomic E-state index is 13.1. The summed E-state index contributed by atoms with van der Waals surface area (Å²) in [4.78, 5) is 14.4. The first-order valence-electron chi connectivity index (χ1n) is 8.37. The first-order valence-corrected chi connectivity index (χ1v) is 8.37. The molecule has 5 nitrogen and oxygen atoms in total. The van der Waals surface area contributed by atoms with E-state index in [0.29, 0.717) is 25.0 Å². The fourth-order valence-corrected chi connectivity index (χ4v) is 3.17. The Labute approximate surface area is 151 Å². The molecule has 2 aromatic rings. The number of carbonyl (C=O) groups is 1. The summed E-state index contributed by atoms with van der Waals surface area (Å²) in [7, 11) is 1.72. The first kappa shape index (κ1) is 17.9. The molecule has 0 saturated carbocycles. The molecule has 0 spiro atoms. The Morgan fingerprint density at radius 3 is 2.69 bits per heavy atom. The van der Waals surface area contributed by atoms with Gasteiger partial charge in [0.2, 0.25) is 0 Å². The minimum Gasteiger partial charge on any atom is -0.507 e. The Hall–Kier alpha value is -2.91. The second-order valence-corrected chi connectivity index (χ2v) is 6.35. The third-order valence-electron chi connectivity index (χ3n) is 4.73. The van der Waals surface area contributed by atoms with Crippen molar-refractivity contribution in [3.8, 4) is 11.8 Å². The summed E-state index contributed by atoms with van der Waals surface area (Å²) in [6, 6.07) is 12.3. The molecule has 1 aliphatic heterocycles. The van der Waals surface area contributed by atoms with Crippen molar-refractivity contribution in [2.75, 3.05) is 13.7 Å². The summed E-state index contributed by atoms with van der Waals surface area (Å²) in [5.74, 6) is -0.730. The third kappa shape index (κ3) is 3.68. The smallest absolute Gasteiger partial charge is 0.253 e. The number of ether oxygens (including phenoxy) is 1. The lowest BCUT2D eigenvalue weighted by molar-refractivity contribution is -0.0197. The SMILES string of the molecule is CN(C(=O)c1ccc(C#N)c(O)c1)C1CCOC(c2ccc(F)cc2)C1. The van der Waals surface area contributed by atoms with Crippen LogP contribution >= 0.6 is 0 Å². The number of hydrogen-bond donors (Lipinski definition) is 1. The Morgan fingerprint density at radius 1 is 1.31 bits per heavy atom. The lowest BCUT2D eigenvalue weighted by Crippen LogP contribution is -2.41. The van der Waals surface area contributed by atoms with Gasteiger partial charge < -0.3 is 14.7 Å². The van der Waals surface area contributed by atoms with Crippen molar-refractivity contribution in [3.05, 3.63) is 65.0 Å². The maximum atomic E-state index is 13.1. The van der Waals surface area contributed by atoms with Crippen LogP contribution in [0.25, 0.3) is 0 Å². The maximum Gasteiger partial charge on any atom is 0.253 e. The summed E-state index contributed by atoms with van der Waals surface area (Å²) in [6.07, 6.45) is 1.11. The van der Waals surface area contributed by atoms with Crippen molar-refractivity contribution in [1.29, 1.82) is 5.26 Å². The number of halogens is 1. The van der Waals surface area contributed by atoms with Gasteiger partial charge in [0.25, 0.3) is 5.91 Å². The van der Waals surface area contributed by atoms with Crippen LogP contribution in [-0.4, -0.2) is 35.6 Å². The molecule has 0 aromatic heterocycles. The topological polar surface area (TPSA) is 73.6 Å². The van der Waals surface area contributed by atoms with E-state index in [2.05, 4.69) is 0 Å². The predicted molar refractivity (Wildman–Crippen MR) is 93.0 cm³/mol. The quantitative estimate of drug-likeness (QED) is 0.917. The number of amides is 1. The highest BCUT2D eigenvalue weighted by Crippen LogP contribution is 2.31. The van der Waals surface area contributed by atoms with E-state index < -0.39 is 0 Å². The van der Waals surface area contributed by atoms with E-state index in [9.17, 15) is 14.3 Å². The molecular weight excluding hydrogens is 335 g/mol. The van der Waals surface area contributed by atoms with Crippen LogP contribution in [0.4, 0.5) is 4.39 Å². The second-order valence-electron chi connectivity index (χ2n) is 6.35. The number of phenolic OH excluding ortho intramolecular Hbond substituents is 1. The highest BCUT2D eigenvalue weighted by molar-refractivity contribution is 5.94. The van der Waals surface area contributed by atoms with Gasteiger partial charge in [0.15, 0.2) is 0 Å². The lowest BCUT2D eigenvalue weighted by Gasteiger charge is -2.35. The number of nitriles is 1. The van der Waals surface area contributed by atoms with Crippen LogP contribution in [0.3, 0.4) is 0 Å². The monoisotopic (exact) mass is 354 g/mol. The van der Waals surface area contributed by atoms with Gasteiger partial charge in [-0.15, -0.1) is 0 Å². The third-order valence-corrected chi connectivity index (χ3v) is 4.73. The zero-order valence-electron chi connectivity index (χ0n) is 14.4. The summed E-state index contributed by atoms with van der Waals surface area (Å²) in [6.45, 7) is 0.503. The Morgan fingerprint density at radius 2 is 2.04 bits per heavy atom. The number of carbonyl (C=O) groups excluding carboxylic acids is 1. The van der Waals surface area contributed by atoms with E-state index in [0.717, 1.165) is 5.56 Å². The van der Waals surface area contributed by atoms with E-state index in [1.165, 1.54) is 30.3 Å². The van der Waals surface area contributed by atoms with Crippen molar-refractivity contribution < 1.29 is 19.0 Å². The minimum absolute atomic E-state index is 0.0379. The summed E-state index contributed by atoms with van der Waals surface area (Å²) < 4.78 is 18.9. The molecule has 26 heavy (non-hydrogen) atoms. The van der Waals surface area contributed by atoms with E-state index in [1.807, 2.05) is 6.07 Å². The van der Waals surface area contributed by atoms with E-state index >= 15 is 0 Å². The van der Waals surface area contributed by atoms with E-state index in [1.54, 1.807) is 24.1 Å². The van der Waals surface area contributed by atoms with Crippen molar-refractivity contribution >= 4 is 5.91 Å². The van der Waals surface area contributed by atoms with Crippen LogP contribution in [0, 0.1) is 17.1 Å². The highest BCUT2D eigenvalue weighted by Gasteiger charge is 2.29. The lowest BCUT2D eigenvalue weighted by atomic mass is 9.96. The molecule has 0 aliphatic carbocycles. The summed E-state index contributed by atoms with van der Waals surface area (Å²) in [5, 5.41) is 18.7. The van der Waals surface area contributed by atoms with Crippen molar-refractivity contribution in [1.82, 2.24) is 4.90 Å². The average Bonchev–Trinajstić information content (AvgIpc) is 2.67. The number of rotatable bonds is 3. The van der Waals surface area contributed by atoms with Crippen molar-refractivity contribution in [2.45, 2.75) is 25.0 Å². The van der Waals surface area contributed by atoms with Gasteiger partial charge in [-0.2, -0.15) is 5.26 Å². The van der Waals surface area contributed by atoms with Crippen LogP contribution < -0.4 is 0 Å². The summed E-state index contributed by atoms with van der Waals surface area (Å²) in [5.41, 5.74) is 1.34. The minimum atomic E-state index is -0.297. The molecule has 1 aliphatic rings. The molecule has 1 N–H and O–H groups in total. The molecule has 6 heteroatoms. The Kier molecular flexibility index (Phi) is 5.19. The standard InChI is InChI=1S/C20H19FN2O3/c1-23(20(25)14-2-3-15(12-22)18(24)10-14)17-8-9-26-19(11-17)13-4-6-16(21)7-5-13/h2-7,10,17,19,24H,8-9,11H2,1H3. The Balaban J connectivity index is 1.73. The zero-order chi connectivity index (χ0) is 18.7. The zero-order valence-corrected chi connectivity index (χ0v) is 14.4. The van der Waals surface area contributed by atoms with Crippen molar-refractivity contribution in [3.63, 3.8) is 0 Å². The summed E-state index contributed by atoms with van der Waals surface area (Å²) >= 11 is 0. The van der Waals surface area contributed by atoms with Crippen LogP contribution in [-0.2, 0) is 4.74 Å². The highest BCUT2D eigenvalue weighted by atomic mass is 19.1. The van der Waals surface area contributed by atoms with E-state index in [4.69, 9.17) is 10.00 Å². The number of nitrogens with zero attached hydrogens (tertiary/aromatic N) is 2. The van der Waals surface area contributed by atoms with Crippen LogP contribution in [0.5, 0.6) is 5.75 Å². The molecule has 134 valence electrons. The van der Waals surface area contributed by atoms with Gasteiger partial charge in [-0.3, -0.25) is 4.79 Å². The van der Waals surface area contributed by atoms with Crippen molar-refractivity contribution in [2.24, 2.45) is 0 Å². The average molecular weight is 354 g/mol. The normalized spacial score (nSPS) is 19.6. The van der Waals surface area contributed by atoms with Gasteiger partial charge in [0.1, 0.15) is 17.6 Å². The molecule has 2 atom stereocenters. The van der Waals surface area contributed by atoms with Gasteiger partial charge in [-0.25, -0.2) is 4.39 Å². The van der Waals surface area contributed by atoms with Gasteiger partial charge in [-0.1, -0.05) is 12.1 Å². The van der Waals surface area contributed by atoms with Crippen LogP contribution in [0.15, 0.2) is 42.5 Å². The molecule has 1 heterocycles. The fraction of sp³-hybridized carbons (Fsp3) is 0.300. The predicted octanol–water partition coefficient (Wildman–Crippen LogP) is 3.40. The van der Waals surface area contributed by atoms with Gasteiger partial charge in [0.05, 0.1) is 11.7 Å². The molecule has 3 rings (SSSR count). The molecular formula is C20H19FN2O3. The first-order chi connectivity index (χ1) is 12.5. The molecule has 0 bridgehead atoms. The molecule has 2 unspecified atom stereocenters. The van der Waals surface area contributed by atoms with Crippen LogP contribution in [0.1, 0.15) is 40.4 Å². The van der Waals surface area contributed by atoms with E-state index in [-0.39, 0.29) is 35.2 Å². The van der Waals surface area contributed by atoms with Gasteiger partial charge in [0, 0.05) is 25.3 Å². The molecule has 0 radical (unpaired) electrons. The number of benzene rings is 2. The van der Waals surface area contributed by atoms with Gasteiger partial charge in [-0.05, 0) is 48.7 Å². The number of aromatic hydroxyl groups is 1. The number of phenols is 1. The molecule has 1 fully saturated rings. The van der Waals surface area contributed by atoms with Crippen LogP contribution in [0.2, 0.25) is 0 Å². The molecule has 2 aromatic carbocycles. The fourth-order valence-electron chi connectivity index (χ4n) is 3.17. The molecule has 1 amide bonds. The Bertz CT molecular complexity index is 845. The molecule has 1 saturated heterocycles. The number of hydrogen-bond acceptors (Lipinski definition) is 4. The van der Waals surface area contributed by atoms with Gasteiger partial charge >= 0.3 is 0 Å². The second kappa shape index (κ2) is 7.54.